The number of carboxylic acids is 1. The van der Waals surface area contributed by atoms with Crippen LogP contribution in [0.4, 0.5) is 0 Å². The van der Waals surface area contributed by atoms with Crippen molar-refractivity contribution in [3.63, 3.8) is 0 Å². The fourth-order valence-corrected chi connectivity index (χ4v) is 1.84. The molecule has 0 saturated heterocycles. The van der Waals surface area contributed by atoms with Gasteiger partial charge in [0, 0.05) is 11.8 Å². The second kappa shape index (κ2) is 3.92. The molecule has 0 bridgehead atoms. The lowest BCUT2D eigenvalue weighted by Gasteiger charge is -2.01. The lowest BCUT2D eigenvalue weighted by atomic mass is 10.2. The molecule has 0 fully saturated rings. The molecule has 5 nitrogen and oxygen atoms in total. The molecular formula is C11H13N3O2. The highest BCUT2D eigenvalue weighted by atomic mass is 16.4. The minimum Gasteiger partial charge on any atom is -0.477 e. The van der Waals surface area contributed by atoms with Crippen molar-refractivity contribution < 1.29 is 9.90 Å². The summed E-state index contributed by atoms with van der Waals surface area (Å²) >= 11 is 0. The first-order valence-corrected chi connectivity index (χ1v) is 5.20. The van der Waals surface area contributed by atoms with E-state index in [9.17, 15) is 4.79 Å². The van der Waals surface area contributed by atoms with E-state index >= 15 is 0 Å². The molecule has 5 heteroatoms. The van der Waals surface area contributed by atoms with E-state index in [0.717, 1.165) is 18.4 Å². The lowest BCUT2D eigenvalue weighted by molar-refractivity contribution is 0.0688. The molecule has 0 aliphatic heterocycles. The van der Waals surface area contributed by atoms with Gasteiger partial charge in [-0.05, 0) is 13.3 Å². The summed E-state index contributed by atoms with van der Waals surface area (Å²) in [7, 11) is 0. The Morgan fingerprint density at radius 3 is 2.94 bits per heavy atom. The number of hydrogen-bond acceptors (Lipinski definition) is 3. The predicted octanol–water partition coefficient (Wildman–Crippen LogP) is 1.69. The van der Waals surface area contributed by atoms with E-state index in [4.69, 9.17) is 5.11 Å². The number of imidazole rings is 1. The molecular weight excluding hydrogens is 206 g/mol. The minimum absolute atomic E-state index is 0.195. The summed E-state index contributed by atoms with van der Waals surface area (Å²) in [5.41, 5.74) is 2.41. The third-order valence-electron chi connectivity index (χ3n) is 2.51. The number of nitrogens with zero attached hydrogens (tertiary/aromatic N) is 3. The van der Waals surface area contributed by atoms with Gasteiger partial charge in [0.15, 0.2) is 5.69 Å². The minimum atomic E-state index is -0.972. The third kappa shape index (κ3) is 1.54. The van der Waals surface area contributed by atoms with Crippen molar-refractivity contribution >= 4 is 11.6 Å². The Labute approximate surface area is 92.8 Å². The maximum absolute atomic E-state index is 11.1. The number of carboxylic acid groups (broad SMARTS) is 1. The average Bonchev–Trinajstić information content (AvgIpc) is 2.55. The van der Waals surface area contributed by atoms with Crippen LogP contribution in [-0.2, 0) is 6.42 Å². The van der Waals surface area contributed by atoms with E-state index in [1.807, 2.05) is 0 Å². The van der Waals surface area contributed by atoms with Crippen molar-refractivity contribution in [2.75, 3.05) is 0 Å². The van der Waals surface area contributed by atoms with Crippen molar-refractivity contribution in [3.05, 3.63) is 29.5 Å². The first kappa shape index (κ1) is 10.6. The topological polar surface area (TPSA) is 67.5 Å². The molecule has 0 aliphatic carbocycles. The van der Waals surface area contributed by atoms with Crippen molar-refractivity contribution in [1.29, 1.82) is 0 Å². The summed E-state index contributed by atoms with van der Waals surface area (Å²) < 4.78 is 1.54. The zero-order valence-corrected chi connectivity index (χ0v) is 9.27. The smallest absolute Gasteiger partial charge is 0.354 e. The molecule has 0 aromatic carbocycles. The standard InChI is InChI=1S/C11H13N3O2/c1-3-4-8-5-12-6-14-9(11(15)16)7(2)13-10(8)14/h5-6H,3-4H2,1-2H3,(H,15,16). The summed E-state index contributed by atoms with van der Waals surface area (Å²) in [5, 5.41) is 9.08. The van der Waals surface area contributed by atoms with E-state index < -0.39 is 5.97 Å². The zero-order chi connectivity index (χ0) is 11.7. The monoisotopic (exact) mass is 219 g/mol. The van der Waals surface area contributed by atoms with E-state index in [-0.39, 0.29) is 5.69 Å². The number of carbonyl (C=O) groups is 1. The van der Waals surface area contributed by atoms with Gasteiger partial charge in [-0.3, -0.25) is 4.40 Å². The summed E-state index contributed by atoms with van der Waals surface area (Å²) in [4.78, 5) is 19.4. The molecule has 0 aliphatic rings. The van der Waals surface area contributed by atoms with Crippen LogP contribution in [-0.4, -0.2) is 25.4 Å². The number of aromatic nitrogens is 3. The third-order valence-corrected chi connectivity index (χ3v) is 2.51. The van der Waals surface area contributed by atoms with Gasteiger partial charge in [0.25, 0.3) is 0 Å². The van der Waals surface area contributed by atoms with Gasteiger partial charge in [-0.2, -0.15) is 0 Å². The van der Waals surface area contributed by atoms with Crippen molar-refractivity contribution in [1.82, 2.24) is 14.4 Å². The fourth-order valence-electron chi connectivity index (χ4n) is 1.84. The molecule has 0 amide bonds. The number of rotatable bonds is 3. The molecule has 2 aromatic rings. The second-order valence-electron chi connectivity index (χ2n) is 3.71. The summed E-state index contributed by atoms with van der Waals surface area (Å²) in [5.74, 6) is -0.972. The molecule has 2 aromatic heterocycles. The van der Waals surface area contributed by atoms with Crippen molar-refractivity contribution in [2.45, 2.75) is 26.7 Å². The van der Waals surface area contributed by atoms with Gasteiger partial charge in [0.2, 0.25) is 0 Å². The molecule has 0 saturated carbocycles. The SMILES string of the molecule is CCCc1cncn2c(C(=O)O)c(C)nc12. The normalized spacial score (nSPS) is 10.9. The Hall–Kier alpha value is -1.91. The van der Waals surface area contributed by atoms with Gasteiger partial charge < -0.3 is 5.11 Å². The highest BCUT2D eigenvalue weighted by Gasteiger charge is 2.16. The molecule has 2 rings (SSSR count). The zero-order valence-electron chi connectivity index (χ0n) is 9.27. The van der Waals surface area contributed by atoms with Crippen LogP contribution >= 0.6 is 0 Å². The number of aryl methyl sites for hydroxylation is 2. The Morgan fingerprint density at radius 2 is 2.31 bits per heavy atom. The Morgan fingerprint density at radius 1 is 1.56 bits per heavy atom. The van der Waals surface area contributed by atoms with Gasteiger partial charge in [-0.1, -0.05) is 13.3 Å². The maximum Gasteiger partial charge on any atom is 0.354 e. The van der Waals surface area contributed by atoms with Crippen molar-refractivity contribution in [2.24, 2.45) is 0 Å². The molecule has 0 spiro atoms. The van der Waals surface area contributed by atoms with Crippen LogP contribution < -0.4 is 0 Å². The van der Waals surface area contributed by atoms with Gasteiger partial charge in [0.1, 0.15) is 12.0 Å². The van der Waals surface area contributed by atoms with Crippen LogP contribution in [0.5, 0.6) is 0 Å². The van der Waals surface area contributed by atoms with Gasteiger partial charge in [-0.15, -0.1) is 0 Å². The molecule has 0 radical (unpaired) electrons. The highest BCUT2D eigenvalue weighted by Crippen LogP contribution is 2.15. The van der Waals surface area contributed by atoms with E-state index in [1.54, 1.807) is 17.5 Å². The molecule has 84 valence electrons. The van der Waals surface area contributed by atoms with Crippen molar-refractivity contribution in [3.8, 4) is 0 Å². The quantitative estimate of drug-likeness (QED) is 0.852. The van der Waals surface area contributed by atoms with Gasteiger partial charge >= 0.3 is 5.97 Å². The number of aromatic carboxylic acids is 1. The van der Waals surface area contributed by atoms with Crippen LogP contribution in [0.1, 0.15) is 35.1 Å². The van der Waals surface area contributed by atoms with Crippen LogP contribution in [0, 0.1) is 6.92 Å². The molecule has 16 heavy (non-hydrogen) atoms. The Bertz CT molecular complexity index is 545. The second-order valence-corrected chi connectivity index (χ2v) is 3.71. The summed E-state index contributed by atoms with van der Waals surface area (Å²) in [6, 6.07) is 0. The first-order chi connectivity index (χ1) is 7.65. The number of fused-ring (bicyclic) bond motifs is 1. The Balaban J connectivity index is 2.72. The molecule has 0 atom stereocenters. The van der Waals surface area contributed by atoms with Gasteiger partial charge in [-0.25, -0.2) is 14.8 Å². The number of hydrogen-bond donors (Lipinski definition) is 1. The summed E-state index contributed by atoms with van der Waals surface area (Å²) in [6.45, 7) is 3.77. The molecule has 2 heterocycles. The molecule has 0 unspecified atom stereocenters. The largest absolute Gasteiger partial charge is 0.477 e. The fraction of sp³-hybridized carbons (Fsp3) is 0.364. The lowest BCUT2D eigenvalue weighted by Crippen LogP contribution is -2.04. The first-order valence-electron chi connectivity index (χ1n) is 5.20. The van der Waals surface area contributed by atoms with Crippen LogP contribution in [0.25, 0.3) is 5.65 Å². The van der Waals surface area contributed by atoms with Gasteiger partial charge in [0.05, 0.1) is 5.69 Å². The Kier molecular flexibility index (Phi) is 2.60. The average molecular weight is 219 g/mol. The van der Waals surface area contributed by atoms with Crippen LogP contribution in [0.2, 0.25) is 0 Å². The molecule has 1 N–H and O–H groups in total. The maximum atomic E-state index is 11.1. The van der Waals surface area contributed by atoms with Crippen LogP contribution in [0.15, 0.2) is 12.5 Å². The van der Waals surface area contributed by atoms with E-state index in [2.05, 4.69) is 16.9 Å². The van der Waals surface area contributed by atoms with E-state index in [0.29, 0.717) is 11.3 Å². The van der Waals surface area contributed by atoms with Crippen LogP contribution in [0.3, 0.4) is 0 Å². The summed E-state index contributed by atoms with van der Waals surface area (Å²) in [6.07, 6.45) is 5.08. The predicted molar refractivity (Wildman–Crippen MR) is 58.7 cm³/mol. The highest BCUT2D eigenvalue weighted by molar-refractivity contribution is 5.88. The van der Waals surface area contributed by atoms with E-state index in [1.165, 1.54) is 6.33 Å².